The molecular weight excluding hydrogens is 240 g/mol. The predicted molar refractivity (Wildman–Crippen MR) is 71.6 cm³/mol. The van der Waals surface area contributed by atoms with Crippen molar-refractivity contribution < 1.29 is 0 Å². The Hall–Kier alpha value is -2.21. The zero-order valence-electron chi connectivity index (χ0n) is 10.6. The molecule has 0 saturated carbocycles. The van der Waals surface area contributed by atoms with Crippen molar-refractivity contribution in [3.8, 4) is 0 Å². The first-order valence-corrected chi connectivity index (χ1v) is 6.39. The van der Waals surface area contributed by atoms with Gasteiger partial charge in [-0.25, -0.2) is 9.97 Å². The van der Waals surface area contributed by atoms with Crippen LogP contribution in [0.1, 0.15) is 17.9 Å². The number of hydrogen-bond acceptors (Lipinski definition) is 4. The quantitative estimate of drug-likeness (QED) is 0.650. The second-order valence-electron chi connectivity index (χ2n) is 4.41. The molecule has 0 aliphatic heterocycles. The van der Waals surface area contributed by atoms with Gasteiger partial charge in [-0.15, -0.1) is 0 Å². The predicted octanol–water partition coefficient (Wildman–Crippen LogP) is 1.17. The molecule has 0 aromatic carbocycles. The van der Waals surface area contributed by atoms with E-state index in [1.807, 2.05) is 28.8 Å². The molecule has 3 rings (SSSR count). The molecule has 0 saturated heterocycles. The molecule has 0 unspecified atom stereocenters. The lowest BCUT2D eigenvalue weighted by Crippen LogP contribution is -2.15. The second kappa shape index (κ2) is 5.62. The van der Waals surface area contributed by atoms with E-state index in [2.05, 4.69) is 31.7 Å². The first-order valence-electron chi connectivity index (χ1n) is 6.39. The third-order valence-corrected chi connectivity index (χ3v) is 2.95. The van der Waals surface area contributed by atoms with E-state index < -0.39 is 0 Å². The number of nitrogens with one attached hydrogen (secondary N) is 2. The summed E-state index contributed by atoms with van der Waals surface area (Å²) in [5, 5.41) is 10.1. The Kier molecular flexibility index (Phi) is 3.51. The minimum Gasteiger partial charge on any atom is -0.311 e. The molecule has 3 heterocycles. The first kappa shape index (κ1) is 11.9. The SMILES string of the molecule is c1ccn2cc(CNCCCc3ncn[nH]3)nc2c1. The number of rotatable bonds is 6. The van der Waals surface area contributed by atoms with E-state index in [-0.39, 0.29) is 0 Å². The van der Waals surface area contributed by atoms with Gasteiger partial charge in [0.2, 0.25) is 0 Å². The van der Waals surface area contributed by atoms with E-state index in [0.717, 1.165) is 43.1 Å². The van der Waals surface area contributed by atoms with Gasteiger partial charge in [-0.2, -0.15) is 5.10 Å². The number of H-pyrrole nitrogens is 1. The number of aromatic amines is 1. The molecule has 6 nitrogen and oxygen atoms in total. The van der Waals surface area contributed by atoms with Gasteiger partial charge in [0.15, 0.2) is 0 Å². The van der Waals surface area contributed by atoms with Gasteiger partial charge in [-0.1, -0.05) is 6.07 Å². The zero-order valence-corrected chi connectivity index (χ0v) is 10.6. The van der Waals surface area contributed by atoms with Gasteiger partial charge in [0.1, 0.15) is 17.8 Å². The molecule has 0 bridgehead atoms. The molecule has 0 atom stereocenters. The molecule has 0 fully saturated rings. The first-order chi connectivity index (χ1) is 9.42. The Morgan fingerprint density at radius 1 is 1.32 bits per heavy atom. The third kappa shape index (κ3) is 2.97. The lowest BCUT2D eigenvalue weighted by atomic mass is 10.3. The summed E-state index contributed by atoms with van der Waals surface area (Å²) in [6.07, 6.45) is 7.55. The number of aromatic nitrogens is 5. The van der Waals surface area contributed by atoms with Crippen LogP contribution < -0.4 is 5.32 Å². The van der Waals surface area contributed by atoms with Crippen LogP contribution in [-0.4, -0.2) is 31.1 Å². The van der Waals surface area contributed by atoms with Crippen molar-refractivity contribution in [1.82, 2.24) is 29.9 Å². The number of fused-ring (bicyclic) bond motifs is 1. The molecule has 19 heavy (non-hydrogen) atoms. The fourth-order valence-corrected chi connectivity index (χ4v) is 2.02. The van der Waals surface area contributed by atoms with Crippen LogP contribution in [0.5, 0.6) is 0 Å². The highest BCUT2D eigenvalue weighted by atomic mass is 15.2. The van der Waals surface area contributed by atoms with Gasteiger partial charge >= 0.3 is 0 Å². The van der Waals surface area contributed by atoms with Crippen molar-refractivity contribution in [2.24, 2.45) is 0 Å². The summed E-state index contributed by atoms with van der Waals surface area (Å²) in [6.45, 7) is 1.73. The number of imidazole rings is 1. The van der Waals surface area contributed by atoms with Gasteiger partial charge in [-0.05, 0) is 25.1 Å². The Morgan fingerprint density at radius 3 is 3.16 bits per heavy atom. The topological polar surface area (TPSA) is 70.9 Å². The molecule has 0 spiro atoms. The molecule has 0 amide bonds. The molecule has 3 aromatic heterocycles. The van der Waals surface area contributed by atoms with Crippen LogP contribution in [0, 0.1) is 0 Å². The highest BCUT2D eigenvalue weighted by molar-refractivity contribution is 5.39. The van der Waals surface area contributed by atoms with E-state index in [4.69, 9.17) is 0 Å². The van der Waals surface area contributed by atoms with Gasteiger partial charge in [0.05, 0.1) is 5.69 Å². The van der Waals surface area contributed by atoms with Crippen LogP contribution in [0.4, 0.5) is 0 Å². The van der Waals surface area contributed by atoms with Crippen LogP contribution in [0.15, 0.2) is 36.9 Å². The van der Waals surface area contributed by atoms with E-state index in [9.17, 15) is 0 Å². The lowest BCUT2D eigenvalue weighted by molar-refractivity contribution is 0.633. The van der Waals surface area contributed by atoms with E-state index in [1.165, 1.54) is 0 Å². The van der Waals surface area contributed by atoms with Gasteiger partial charge < -0.3 is 9.72 Å². The monoisotopic (exact) mass is 256 g/mol. The molecule has 3 aromatic rings. The molecule has 0 radical (unpaired) electrons. The smallest absolute Gasteiger partial charge is 0.137 e. The van der Waals surface area contributed by atoms with Crippen LogP contribution in [0.2, 0.25) is 0 Å². The van der Waals surface area contributed by atoms with Crippen molar-refractivity contribution in [2.45, 2.75) is 19.4 Å². The Labute approximate surface area is 110 Å². The van der Waals surface area contributed by atoms with E-state index >= 15 is 0 Å². The van der Waals surface area contributed by atoms with Crippen LogP contribution in [-0.2, 0) is 13.0 Å². The van der Waals surface area contributed by atoms with Crippen molar-refractivity contribution in [2.75, 3.05) is 6.54 Å². The minimum absolute atomic E-state index is 0.790. The van der Waals surface area contributed by atoms with Gasteiger partial charge in [0.25, 0.3) is 0 Å². The highest BCUT2D eigenvalue weighted by Crippen LogP contribution is 2.04. The normalized spacial score (nSPS) is 11.2. The molecular formula is C13H16N6. The largest absolute Gasteiger partial charge is 0.311 e. The molecule has 98 valence electrons. The summed E-state index contributed by atoms with van der Waals surface area (Å²) >= 11 is 0. The molecule has 2 N–H and O–H groups in total. The maximum Gasteiger partial charge on any atom is 0.137 e. The summed E-state index contributed by atoms with van der Waals surface area (Å²) < 4.78 is 2.03. The maximum absolute atomic E-state index is 4.53. The van der Waals surface area contributed by atoms with Crippen LogP contribution in [0.25, 0.3) is 5.65 Å². The number of hydrogen-bond donors (Lipinski definition) is 2. The van der Waals surface area contributed by atoms with Crippen molar-refractivity contribution >= 4 is 5.65 Å². The molecule has 0 aliphatic rings. The highest BCUT2D eigenvalue weighted by Gasteiger charge is 2.00. The number of pyridine rings is 1. The third-order valence-electron chi connectivity index (χ3n) is 2.95. The zero-order chi connectivity index (χ0) is 12.9. The summed E-state index contributed by atoms with van der Waals surface area (Å²) in [4.78, 5) is 8.62. The molecule has 0 aliphatic carbocycles. The average molecular weight is 256 g/mol. The lowest BCUT2D eigenvalue weighted by Gasteiger charge is -2.00. The van der Waals surface area contributed by atoms with Crippen LogP contribution >= 0.6 is 0 Å². The summed E-state index contributed by atoms with van der Waals surface area (Å²) in [7, 11) is 0. The standard InChI is InChI=1S/C13H16N6/c1-2-7-19-9-11(17-13(19)5-1)8-14-6-3-4-12-15-10-16-18-12/h1-2,5,7,9-10,14H,3-4,6,8H2,(H,15,16,18). The number of nitrogens with zero attached hydrogens (tertiary/aromatic N) is 4. The second-order valence-corrected chi connectivity index (χ2v) is 4.41. The average Bonchev–Trinajstić information content (AvgIpc) is 3.06. The van der Waals surface area contributed by atoms with Gasteiger partial charge in [0, 0.05) is 25.4 Å². The maximum atomic E-state index is 4.53. The van der Waals surface area contributed by atoms with Crippen molar-refractivity contribution in [3.63, 3.8) is 0 Å². The van der Waals surface area contributed by atoms with Crippen molar-refractivity contribution in [3.05, 3.63) is 48.4 Å². The Balaban J connectivity index is 1.44. The Bertz CT molecular complexity index is 594. The summed E-state index contributed by atoms with van der Waals surface area (Å²) in [6, 6.07) is 6.01. The minimum atomic E-state index is 0.790. The van der Waals surface area contributed by atoms with Crippen LogP contribution in [0.3, 0.4) is 0 Å². The summed E-state index contributed by atoms with van der Waals surface area (Å²) in [5.41, 5.74) is 2.05. The van der Waals surface area contributed by atoms with E-state index in [0.29, 0.717) is 0 Å². The van der Waals surface area contributed by atoms with Gasteiger partial charge in [-0.3, -0.25) is 5.10 Å². The molecule has 6 heteroatoms. The van der Waals surface area contributed by atoms with E-state index in [1.54, 1.807) is 6.33 Å². The van der Waals surface area contributed by atoms with Crippen molar-refractivity contribution in [1.29, 1.82) is 0 Å². The Morgan fingerprint density at radius 2 is 2.32 bits per heavy atom. The fourth-order valence-electron chi connectivity index (χ4n) is 2.02. The fraction of sp³-hybridized carbons (Fsp3) is 0.308. The number of aryl methyl sites for hydroxylation is 1. The summed E-state index contributed by atoms with van der Waals surface area (Å²) in [5.74, 6) is 0.939.